The molecule has 0 bridgehead atoms. The molecule has 3 N–H and O–H groups in total. The van der Waals surface area contributed by atoms with E-state index in [9.17, 15) is 5.11 Å². The fourth-order valence-electron chi connectivity index (χ4n) is 1.41. The van der Waals surface area contributed by atoms with E-state index in [0.717, 1.165) is 11.3 Å². The lowest BCUT2D eigenvalue weighted by atomic mass is 9.84. The van der Waals surface area contributed by atoms with Crippen LogP contribution in [0.5, 0.6) is 0 Å². The molecule has 1 rings (SSSR count). The summed E-state index contributed by atoms with van der Waals surface area (Å²) < 4.78 is 0. The van der Waals surface area contributed by atoms with E-state index in [2.05, 4.69) is 4.98 Å². The van der Waals surface area contributed by atoms with Gasteiger partial charge in [0.25, 0.3) is 0 Å². The van der Waals surface area contributed by atoms with E-state index < -0.39 is 5.60 Å². The highest BCUT2D eigenvalue weighted by molar-refractivity contribution is 5.21. The van der Waals surface area contributed by atoms with Gasteiger partial charge in [0.15, 0.2) is 0 Å². The minimum absolute atomic E-state index is 0.0806. The average molecular weight is 194 g/mol. The van der Waals surface area contributed by atoms with Crippen molar-refractivity contribution < 1.29 is 5.11 Å². The lowest BCUT2D eigenvalue weighted by Gasteiger charge is -2.30. The van der Waals surface area contributed by atoms with Crippen molar-refractivity contribution >= 4 is 0 Å². The number of hydrogen-bond donors (Lipinski definition) is 2. The predicted octanol–water partition coefficient (Wildman–Crippen LogP) is 1.19. The number of aliphatic hydroxyl groups is 1. The largest absolute Gasteiger partial charge is 0.384 e. The van der Waals surface area contributed by atoms with Crippen LogP contribution in [0, 0.1) is 12.8 Å². The maximum Gasteiger partial charge on any atom is 0.106 e. The number of rotatable bonds is 3. The Kier molecular flexibility index (Phi) is 3.24. The van der Waals surface area contributed by atoms with Crippen molar-refractivity contribution in [1.29, 1.82) is 0 Å². The molecule has 3 nitrogen and oxygen atoms in total. The number of aromatic nitrogens is 1. The van der Waals surface area contributed by atoms with E-state index in [1.54, 1.807) is 6.20 Å². The van der Waals surface area contributed by atoms with Gasteiger partial charge < -0.3 is 10.8 Å². The zero-order valence-corrected chi connectivity index (χ0v) is 8.99. The van der Waals surface area contributed by atoms with Crippen LogP contribution < -0.4 is 5.73 Å². The second-order valence-corrected chi connectivity index (χ2v) is 3.97. The lowest BCUT2D eigenvalue weighted by Crippen LogP contribution is -2.40. The summed E-state index contributed by atoms with van der Waals surface area (Å²) in [5.41, 5.74) is 6.38. The van der Waals surface area contributed by atoms with Crippen molar-refractivity contribution in [3.8, 4) is 0 Å². The normalized spacial score (nSPS) is 15.6. The van der Waals surface area contributed by atoms with E-state index in [1.165, 1.54) is 0 Å². The summed E-state index contributed by atoms with van der Waals surface area (Å²) in [7, 11) is 0. The Morgan fingerprint density at radius 2 is 2.14 bits per heavy atom. The van der Waals surface area contributed by atoms with Gasteiger partial charge in [0.05, 0.1) is 0 Å². The molecule has 0 aliphatic heterocycles. The molecule has 0 spiro atoms. The van der Waals surface area contributed by atoms with E-state index in [0.29, 0.717) is 0 Å². The van der Waals surface area contributed by atoms with Gasteiger partial charge in [-0.05, 0) is 18.9 Å². The molecule has 0 radical (unpaired) electrons. The Morgan fingerprint density at radius 1 is 1.50 bits per heavy atom. The fourth-order valence-corrected chi connectivity index (χ4v) is 1.41. The smallest absolute Gasteiger partial charge is 0.106 e. The Labute approximate surface area is 85.0 Å². The first kappa shape index (κ1) is 11.1. The number of nitrogens with two attached hydrogens (primary N) is 1. The highest BCUT2D eigenvalue weighted by Crippen LogP contribution is 2.27. The van der Waals surface area contributed by atoms with E-state index in [-0.39, 0.29) is 12.5 Å². The number of nitrogens with zero attached hydrogens (tertiary/aromatic N) is 1. The quantitative estimate of drug-likeness (QED) is 0.760. The van der Waals surface area contributed by atoms with Crippen LogP contribution in [0.2, 0.25) is 0 Å². The van der Waals surface area contributed by atoms with Gasteiger partial charge in [-0.1, -0.05) is 19.9 Å². The molecular formula is C11H18N2O. The summed E-state index contributed by atoms with van der Waals surface area (Å²) >= 11 is 0. The molecule has 0 aliphatic rings. The third kappa shape index (κ3) is 1.94. The summed E-state index contributed by atoms with van der Waals surface area (Å²) in [5, 5.41) is 10.3. The number of pyridine rings is 1. The Hall–Kier alpha value is -0.930. The molecule has 78 valence electrons. The van der Waals surface area contributed by atoms with Gasteiger partial charge in [-0.15, -0.1) is 0 Å². The van der Waals surface area contributed by atoms with Crippen molar-refractivity contribution in [2.75, 3.05) is 6.54 Å². The molecule has 3 heteroatoms. The van der Waals surface area contributed by atoms with Gasteiger partial charge in [-0.25, -0.2) is 0 Å². The second kappa shape index (κ2) is 4.07. The zero-order valence-electron chi connectivity index (χ0n) is 8.99. The Morgan fingerprint density at radius 3 is 2.50 bits per heavy atom. The molecule has 1 heterocycles. The Balaban J connectivity index is 3.06. The SMILES string of the molecule is Cc1ccc(C(O)(CN)C(C)C)cn1. The first-order chi connectivity index (χ1) is 6.50. The van der Waals surface area contributed by atoms with Crippen LogP contribution in [-0.4, -0.2) is 16.6 Å². The molecule has 0 saturated heterocycles. The summed E-state index contributed by atoms with van der Waals surface area (Å²) in [5.74, 6) is 0.0806. The summed E-state index contributed by atoms with van der Waals surface area (Å²) in [6.45, 7) is 6.04. The van der Waals surface area contributed by atoms with Gasteiger partial charge in [-0.2, -0.15) is 0 Å². The summed E-state index contributed by atoms with van der Waals surface area (Å²) in [6, 6.07) is 3.77. The van der Waals surface area contributed by atoms with Crippen LogP contribution in [0.15, 0.2) is 18.3 Å². The fraction of sp³-hybridized carbons (Fsp3) is 0.545. The van der Waals surface area contributed by atoms with Crippen LogP contribution >= 0.6 is 0 Å². The van der Waals surface area contributed by atoms with Gasteiger partial charge in [0, 0.05) is 24.0 Å². The molecule has 0 aromatic carbocycles. The van der Waals surface area contributed by atoms with Crippen molar-refractivity contribution in [1.82, 2.24) is 4.98 Å². The van der Waals surface area contributed by atoms with Gasteiger partial charge >= 0.3 is 0 Å². The predicted molar refractivity (Wildman–Crippen MR) is 56.8 cm³/mol. The van der Waals surface area contributed by atoms with Crippen LogP contribution in [0.4, 0.5) is 0 Å². The highest BCUT2D eigenvalue weighted by atomic mass is 16.3. The first-order valence-corrected chi connectivity index (χ1v) is 4.86. The van der Waals surface area contributed by atoms with Gasteiger partial charge in [0.1, 0.15) is 5.60 Å². The molecule has 0 amide bonds. The molecule has 1 aromatic rings. The van der Waals surface area contributed by atoms with E-state index in [1.807, 2.05) is 32.9 Å². The van der Waals surface area contributed by atoms with Crippen LogP contribution in [0.3, 0.4) is 0 Å². The van der Waals surface area contributed by atoms with E-state index >= 15 is 0 Å². The topological polar surface area (TPSA) is 59.1 Å². The minimum atomic E-state index is -0.958. The highest BCUT2D eigenvalue weighted by Gasteiger charge is 2.31. The van der Waals surface area contributed by atoms with Crippen molar-refractivity contribution in [3.05, 3.63) is 29.6 Å². The first-order valence-electron chi connectivity index (χ1n) is 4.86. The minimum Gasteiger partial charge on any atom is -0.384 e. The number of hydrogen-bond acceptors (Lipinski definition) is 3. The molecular weight excluding hydrogens is 176 g/mol. The molecule has 14 heavy (non-hydrogen) atoms. The van der Waals surface area contributed by atoms with Gasteiger partial charge in [0.2, 0.25) is 0 Å². The molecule has 0 fully saturated rings. The van der Waals surface area contributed by atoms with E-state index in [4.69, 9.17) is 5.73 Å². The monoisotopic (exact) mass is 194 g/mol. The standard InChI is InChI=1S/C11H18N2O/c1-8(2)11(14,7-12)10-5-4-9(3)13-6-10/h4-6,8,14H,7,12H2,1-3H3. The van der Waals surface area contributed by atoms with Crippen LogP contribution in [-0.2, 0) is 5.60 Å². The average Bonchev–Trinajstić information content (AvgIpc) is 2.17. The second-order valence-electron chi connectivity index (χ2n) is 3.97. The molecule has 1 unspecified atom stereocenters. The zero-order chi connectivity index (χ0) is 10.8. The molecule has 1 atom stereocenters. The summed E-state index contributed by atoms with van der Waals surface area (Å²) in [4.78, 5) is 4.16. The van der Waals surface area contributed by atoms with Crippen molar-refractivity contribution in [2.24, 2.45) is 11.7 Å². The maximum absolute atomic E-state index is 10.3. The lowest BCUT2D eigenvalue weighted by molar-refractivity contribution is -0.00146. The third-order valence-corrected chi connectivity index (χ3v) is 2.68. The van der Waals surface area contributed by atoms with Crippen molar-refractivity contribution in [3.63, 3.8) is 0 Å². The Bertz CT molecular complexity index is 295. The molecule has 0 saturated carbocycles. The molecule has 1 aromatic heterocycles. The molecule has 0 aliphatic carbocycles. The van der Waals surface area contributed by atoms with Crippen molar-refractivity contribution in [2.45, 2.75) is 26.4 Å². The van der Waals surface area contributed by atoms with Gasteiger partial charge in [-0.3, -0.25) is 4.98 Å². The third-order valence-electron chi connectivity index (χ3n) is 2.68. The van der Waals surface area contributed by atoms with Crippen LogP contribution in [0.1, 0.15) is 25.1 Å². The maximum atomic E-state index is 10.3. The van der Waals surface area contributed by atoms with Crippen LogP contribution in [0.25, 0.3) is 0 Å². The summed E-state index contributed by atoms with van der Waals surface area (Å²) in [6.07, 6.45) is 1.70. The number of aryl methyl sites for hydroxylation is 1.